The van der Waals surface area contributed by atoms with E-state index in [-0.39, 0.29) is 5.91 Å². The first kappa shape index (κ1) is 18.3. The number of hydrogen-bond donors (Lipinski definition) is 2. The van der Waals surface area contributed by atoms with Gasteiger partial charge in [-0.1, -0.05) is 17.7 Å². The molecule has 0 atom stereocenters. The number of anilines is 2. The second-order valence-corrected chi connectivity index (χ2v) is 7.12. The van der Waals surface area contributed by atoms with Crippen LogP contribution in [0.5, 0.6) is 5.75 Å². The second kappa shape index (κ2) is 7.90. The quantitative estimate of drug-likeness (QED) is 0.667. The molecular formula is C22H20ClN3O2. The zero-order valence-corrected chi connectivity index (χ0v) is 16.2. The van der Waals surface area contributed by atoms with Crippen LogP contribution in [0.25, 0.3) is 0 Å². The van der Waals surface area contributed by atoms with E-state index in [1.807, 2.05) is 42.5 Å². The van der Waals surface area contributed by atoms with Gasteiger partial charge in [-0.25, -0.2) is 4.98 Å². The molecule has 0 bridgehead atoms. The van der Waals surface area contributed by atoms with Crippen molar-refractivity contribution in [3.05, 3.63) is 82.0 Å². The minimum absolute atomic E-state index is 0.144. The fraction of sp³-hybridized carbons (Fsp3) is 0.182. The maximum atomic E-state index is 12.8. The number of rotatable bonds is 5. The molecule has 0 unspecified atom stereocenters. The van der Waals surface area contributed by atoms with E-state index < -0.39 is 0 Å². The Morgan fingerprint density at radius 1 is 1.21 bits per heavy atom. The van der Waals surface area contributed by atoms with Crippen LogP contribution in [-0.2, 0) is 12.8 Å². The highest BCUT2D eigenvalue weighted by atomic mass is 35.5. The van der Waals surface area contributed by atoms with Gasteiger partial charge < -0.3 is 15.4 Å². The van der Waals surface area contributed by atoms with Crippen molar-refractivity contribution in [3.63, 3.8) is 0 Å². The van der Waals surface area contributed by atoms with Crippen molar-refractivity contribution in [2.45, 2.75) is 12.8 Å². The monoisotopic (exact) mass is 393 g/mol. The predicted octanol–water partition coefficient (Wildman–Crippen LogP) is 4.55. The average Bonchev–Trinajstić information content (AvgIpc) is 3.16. The predicted molar refractivity (Wildman–Crippen MR) is 112 cm³/mol. The van der Waals surface area contributed by atoms with Crippen molar-refractivity contribution in [2.24, 2.45) is 0 Å². The maximum absolute atomic E-state index is 12.8. The molecule has 4 rings (SSSR count). The zero-order valence-electron chi connectivity index (χ0n) is 15.5. The van der Waals surface area contributed by atoms with Gasteiger partial charge >= 0.3 is 0 Å². The minimum Gasteiger partial charge on any atom is -0.497 e. The van der Waals surface area contributed by atoms with Crippen LogP contribution in [0, 0.1) is 0 Å². The molecule has 1 amide bonds. The van der Waals surface area contributed by atoms with Crippen LogP contribution in [0.4, 0.5) is 11.5 Å². The largest absolute Gasteiger partial charge is 0.497 e. The molecule has 2 N–H and O–H groups in total. The van der Waals surface area contributed by atoms with Gasteiger partial charge in [0.15, 0.2) is 0 Å². The summed E-state index contributed by atoms with van der Waals surface area (Å²) >= 11 is 6.15. The molecule has 0 saturated heterocycles. The summed E-state index contributed by atoms with van der Waals surface area (Å²) in [6.45, 7) is 0.858. The highest BCUT2D eigenvalue weighted by Gasteiger charge is 2.18. The third kappa shape index (κ3) is 3.94. The van der Waals surface area contributed by atoms with E-state index in [0.29, 0.717) is 22.8 Å². The molecule has 0 radical (unpaired) electrons. The number of nitrogens with one attached hydrogen (secondary N) is 2. The minimum atomic E-state index is -0.144. The Balaban J connectivity index is 1.52. The molecule has 28 heavy (non-hydrogen) atoms. The summed E-state index contributed by atoms with van der Waals surface area (Å²) in [6.07, 6.45) is 3.21. The van der Waals surface area contributed by atoms with Crippen LogP contribution < -0.4 is 15.4 Å². The van der Waals surface area contributed by atoms with Crippen LogP contribution >= 0.6 is 11.6 Å². The second-order valence-electron chi connectivity index (χ2n) is 6.69. The molecule has 0 fully saturated rings. The Bertz CT molecular complexity index is 1040. The van der Waals surface area contributed by atoms with Crippen LogP contribution in [0.3, 0.4) is 0 Å². The SMILES string of the molecule is COc1cc(Cl)cc(Cc2ccnc(NC(=O)c3cccc4c3CCN4)c2)c1. The number of fused-ring (bicyclic) bond motifs is 1. The fourth-order valence-electron chi connectivity index (χ4n) is 3.47. The highest BCUT2D eigenvalue weighted by Crippen LogP contribution is 2.26. The van der Waals surface area contributed by atoms with E-state index in [4.69, 9.17) is 16.3 Å². The fourth-order valence-corrected chi connectivity index (χ4v) is 3.72. The van der Waals surface area contributed by atoms with Gasteiger partial charge in [0.1, 0.15) is 11.6 Å². The Labute approximate surface area is 168 Å². The molecular weight excluding hydrogens is 374 g/mol. The number of carbonyl (C=O) groups excluding carboxylic acids is 1. The van der Waals surface area contributed by atoms with Gasteiger partial charge in [-0.2, -0.15) is 0 Å². The lowest BCUT2D eigenvalue weighted by Gasteiger charge is -2.10. The number of methoxy groups -OCH3 is 1. The molecule has 3 aromatic rings. The van der Waals surface area contributed by atoms with Crippen molar-refractivity contribution in [1.82, 2.24) is 4.98 Å². The molecule has 0 saturated carbocycles. The van der Waals surface area contributed by atoms with Gasteiger partial charge in [0, 0.05) is 29.0 Å². The van der Waals surface area contributed by atoms with Crippen LogP contribution in [0.2, 0.25) is 5.02 Å². The summed E-state index contributed by atoms with van der Waals surface area (Å²) in [5.74, 6) is 1.10. The molecule has 1 aliphatic heterocycles. The Morgan fingerprint density at radius 3 is 2.96 bits per heavy atom. The Kier molecular flexibility index (Phi) is 5.17. The number of pyridine rings is 1. The summed E-state index contributed by atoms with van der Waals surface area (Å²) in [6, 6.07) is 15.2. The van der Waals surface area contributed by atoms with Crippen molar-refractivity contribution in [1.29, 1.82) is 0 Å². The highest BCUT2D eigenvalue weighted by molar-refractivity contribution is 6.30. The molecule has 142 valence electrons. The zero-order chi connectivity index (χ0) is 19.5. The van der Waals surface area contributed by atoms with Crippen LogP contribution in [0.1, 0.15) is 27.0 Å². The summed E-state index contributed by atoms with van der Waals surface area (Å²) in [7, 11) is 1.62. The number of carbonyl (C=O) groups is 1. The van der Waals surface area contributed by atoms with Gasteiger partial charge in [0.2, 0.25) is 0 Å². The molecule has 1 aliphatic rings. The number of amides is 1. The lowest BCUT2D eigenvalue weighted by molar-refractivity contribution is 0.102. The third-order valence-corrected chi connectivity index (χ3v) is 4.97. The molecule has 1 aromatic heterocycles. The first-order valence-corrected chi connectivity index (χ1v) is 9.45. The van der Waals surface area contributed by atoms with E-state index in [2.05, 4.69) is 15.6 Å². The van der Waals surface area contributed by atoms with E-state index in [9.17, 15) is 4.79 Å². The van der Waals surface area contributed by atoms with Gasteiger partial charge in [-0.3, -0.25) is 4.79 Å². The lowest BCUT2D eigenvalue weighted by Crippen LogP contribution is -2.15. The Morgan fingerprint density at radius 2 is 2.11 bits per heavy atom. The smallest absolute Gasteiger partial charge is 0.257 e. The normalized spacial score (nSPS) is 12.2. The number of ether oxygens (including phenoxy) is 1. The molecule has 2 aromatic carbocycles. The van der Waals surface area contributed by atoms with Crippen LogP contribution in [-0.4, -0.2) is 24.5 Å². The number of aromatic nitrogens is 1. The summed E-state index contributed by atoms with van der Waals surface area (Å²) in [5.41, 5.74) is 4.83. The van der Waals surface area contributed by atoms with E-state index in [0.717, 1.165) is 41.1 Å². The Hall–Kier alpha value is -3.05. The average molecular weight is 394 g/mol. The number of hydrogen-bond acceptors (Lipinski definition) is 4. The van der Waals surface area contributed by atoms with E-state index in [1.165, 1.54) is 0 Å². The molecule has 0 aliphatic carbocycles. The summed E-state index contributed by atoms with van der Waals surface area (Å²) in [4.78, 5) is 17.1. The molecule has 2 heterocycles. The topological polar surface area (TPSA) is 63.2 Å². The summed E-state index contributed by atoms with van der Waals surface area (Å²) in [5, 5.41) is 6.84. The van der Waals surface area contributed by atoms with Gasteiger partial charge in [-0.15, -0.1) is 0 Å². The van der Waals surface area contributed by atoms with Gasteiger partial charge in [0.05, 0.1) is 7.11 Å². The van der Waals surface area contributed by atoms with Crippen LogP contribution in [0.15, 0.2) is 54.7 Å². The van der Waals surface area contributed by atoms with Gasteiger partial charge in [-0.05, 0) is 72.0 Å². The molecule has 5 nitrogen and oxygen atoms in total. The summed E-state index contributed by atoms with van der Waals surface area (Å²) < 4.78 is 5.28. The van der Waals surface area contributed by atoms with E-state index >= 15 is 0 Å². The standard InChI is InChI=1S/C22H20ClN3O2/c1-28-17-11-15(10-16(23)13-17)9-14-5-7-25-21(12-14)26-22(27)19-3-2-4-20-18(19)6-8-24-20/h2-5,7,10-13,24H,6,8-9H2,1H3,(H,25,26,27). The van der Waals surface area contributed by atoms with E-state index in [1.54, 1.807) is 19.4 Å². The van der Waals surface area contributed by atoms with Crippen molar-refractivity contribution >= 4 is 29.0 Å². The van der Waals surface area contributed by atoms with Gasteiger partial charge in [0.25, 0.3) is 5.91 Å². The number of nitrogens with zero attached hydrogens (tertiary/aromatic N) is 1. The van der Waals surface area contributed by atoms with Crippen molar-refractivity contribution in [3.8, 4) is 5.75 Å². The number of halogens is 1. The lowest BCUT2D eigenvalue weighted by atomic mass is 10.0. The maximum Gasteiger partial charge on any atom is 0.257 e. The first-order chi connectivity index (χ1) is 13.6. The molecule has 0 spiro atoms. The third-order valence-electron chi connectivity index (χ3n) is 4.75. The van der Waals surface area contributed by atoms with Crippen molar-refractivity contribution in [2.75, 3.05) is 24.3 Å². The van der Waals surface area contributed by atoms with Crippen molar-refractivity contribution < 1.29 is 9.53 Å². The molecule has 6 heteroatoms. The first-order valence-electron chi connectivity index (χ1n) is 9.08. The number of benzene rings is 2.